The number of carboxylic acid groups (broad SMARTS) is 1. The monoisotopic (exact) mass is 209 g/mol. The second-order valence-corrected chi connectivity index (χ2v) is 3.38. The molecule has 0 bridgehead atoms. The van der Waals surface area contributed by atoms with Crippen molar-refractivity contribution in [3.63, 3.8) is 0 Å². The van der Waals surface area contributed by atoms with E-state index in [0.29, 0.717) is 17.9 Å². The van der Waals surface area contributed by atoms with Crippen molar-refractivity contribution in [2.24, 2.45) is 0 Å². The predicted octanol–water partition coefficient (Wildman–Crippen LogP) is 1.82. The molecule has 0 saturated carbocycles. The quantitative estimate of drug-likeness (QED) is 0.742. The number of nitrogens with two attached hydrogens (primary N) is 1. The second kappa shape index (κ2) is 4.68. The van der Waals surface area contributed by atoms with Crippen LogP contribution in [0.5, 0.6) is 5.75 Å². The van der Waals surface area contributed by atoms with Gasteiger partial charge in [0.25, 0.3) is 0 Å². The van der Waals surface area contributed by atoms with Crippen molar-refractivity contribution in [3.8, 4) is 5.75 Å². The first kappa shape index (κ1) is 11.4. The summed E-state index contributed by atoms with van der Waals surface area (Å²) in [4.78, 5) is 10.8. The van der Waals surface area contributed by atoms with Gasteiger partial charge in [-0.25, -0.2) is 4.79 Å². The van der Waals surface area contributed by atoms with Crippen LogP contribution < -0.4 is 10.5 Å². The largest absolute Gasteiger partial charge is 0.479 e. The van der Waals surface area contributed by atoms with Gasteiger partial charge in [0.2, 0.25) is 0 Å². The molecule has 0 aliphatic heterocycles. The van der Waals surface area contributed by atoms with Gasteiger partial charge >= 0.3 is 5.97 Å². The highest BCUT2D eigenvalue weighted by molar-refractivity contribution is 5.72. The van der Waals surface area contributed by atoms with Gasteiger partial charge in [-0.15, -0.1) is 0 Å². The lowest BCUT2D eigenvalue weighted by Gasteiger charge is -2.15. The minimum Gasteiger partial charge on any atom is -0.479 e. The van der Waals surface area contributed by atoms with Gasteiger partial charge in [0.1, 0.15) is 5.75 Å². The van der Waals surface area contributed by atoms with Crippen LogP contribution in [-0.2, 0) is 4.79 Å². The number of hydrogen-bond acceptors (Lipinski definition) is 3. The Morgan fingerprint density at radius 3 is 2.80 bits per heavy atom. The van der Waals surface area contributed by atoms with Gasteiger partial charge in [-0.3, -0.25) is 0 Å². The SMILES string of the molecule is CCC(Oc1cc(N)ccc1C)C(=O)O. The van der Waals surface area contributed by atoms with Crippen LogP contribution in [0, 0.1) is 6.92 Å². The Hall–Kier alpha value is -1.71. The van der Waals surface area contributed by atoms with Crippen molar-refractivity contribution >= 4 is 11.7 Å². The van der Waals surface area contributed by atoms with Gasteiger partial charge in [0.15, 0.2) is 6.10 Å². The van der Waals surface area contributed by atoms with E-state index in [2.05, 4.69) is 0 Å². The molecule has 1 rings (SSSR count). The molecule has 0 aliphatic carbocycles. The summed E-state index contributed by atoms with van der Waals surface area (Å²) in [5.41, 5.74) is 7.04. The van der Waals surface area contributed by atoms with E-state index in [1.165, 1.54) is 0 Å². The van der Waals surface area contributed by atoms with E-state index in [4.69, 9.17) is 15.6 Å². The number of aliphatic carboxylic acids is 1. The Bertz CT molecular complexity index is 363. The molecule has 0 fully saturated rings. The van der Waals surface area contributed by atoms with Crippen LogP contribution in [0.15, 0.2) is 18.2 Å². The molecule has 1 aromatic carbocycles. The highest BCUT2D eigenvalue weighted by Gasteiger charge is 2.17. The van der Waals surface area contributed by atoms with Crippen molar-refractivity contribution in [2.45, 2.75) is 26.4 Å². The Labute approximate surface area is 88.7 Å². The van der Waals surface area contributed by atoms with Crippen molar-refractivity contribution in [1.82, 2.24) is 0 Å². The highest BCUT2D eigenvalue weighted by Crippen LogP contribution is 2.22. The number of aryl methyl sites for hydroxylation is 1. The number of nitrogen functional groups attached to an aromatic ring is 1. The first-order valence-electron chi connectivity index (χ1n) is 4.80. The summed E-state index contributed by atoms with van der Waals surface area (Å²) in [6.07, 6.45) is -0.394. The number of hydrogen-bond donors (Lipinski definition) is 2. The molecule has 82 valence electrons. The number of ether oxygens (including phenoxy) is 1. The molecule has 0 spiro atoms. The van der Waals surface area contributed by atoms with Gasteiger partial charge in [-0.2, -0.15) is 0 Å². The number of rotatable bonds is 4. The topological polar surface area (TPSA) is 72.5 Å². The normalized spacial score (nSPS) is 12.1. The van der Waals surface area contributed by atoms with E-state index in [-0.39, 0.29) is 0 Å². The molecule has 0 saturated heterocycles. The maximum atomic E-state index is 10.8. The fraction of sp³-hybridized carbons (Fsp3) is 0.364. The lowest BCUT2D eigenvalue weighted by Crippen LogP contribution is -2.26. The third-order valence-corrected chi connectivity index (χ3v) is 2.13. The van der Waals surface area contributed by atoms with E-state index in [1.807, 2.05) is 6.92 Å². The van der Waals surface area contributed by atoms with Gasteiger partial charge in [-0.05, 0) is 25.0 Å². The van der Waals surface area contributed by atoms with Crippen LogP contribution >= 0.6 is 0 Å². The van der Waals surface area contributed by atoms with Gasteiger partial charge < -0.3 is 15.6 Å². The average Bonchev–Trinajstić information content (AvgIpc) is 2.18. The second-order valence-electron chi connectivity index (χ2n) is 3.38. The Kier molecular flexibility index (Phi) is 3.55. The fourth-order valence-corrected chi connectivity index (χ4v) is 1.21. The smallest absolute Gasteiger partial charge is 0.344 e. The Balaban J connectivity index is 2.87. The van der Waals surface area contributed by atoms with E-state index in [0.717, 1.165) is 5.56 Å². The maximum absolute atomic E-state index is 10.8. The molecule has 4 nitrogen and oxygen atoms in total. The third-order valence-electron chi connectivity index (χ3n) is 2.13. The van der Waals surface area contributed by atoms with E-state index >= 15 is 0 Å². The zero-order valence-corrected chi connectivity index (χ0v) is 8.86. The number of anilines is 1. The molecule has 15 heavy (non-hydrogen) atoms. The molecule has 0 amide bonds. The summed E-state index contributed by atoms with van der Waals surface area (Å²) in [6, 6.07) is 5.20. The van der Waals surface area contributed by atoms with E-state index < -0.39 is 12.1 Å². The lowest BCUT2D eigenvalue weighted by molar-refractivity contribution is -0.145. The first-order chi connectivity index (χ1) is 7.04. The minimum absolute atomic E-state index is 0.420. The summed E-state index contributed by atoms with van der Waals surface area (Å²) in [5.74, 6) is -0.427. The molecule has 1 atom stereocenters. The molecule has 0 aromatic heterocycles. The van der Waals surface area contributed by atoms with Gasteiger partial charge in [0, 0.05) is 11.8 Å². The lowest BCUT2D eigenvalue weighted by atomic mass is 10.2. The molecule has 1 unspecified atom stereocenters. The number of carbonyl (C=O) groups is 1. The Morgan fingerprint density at radius 2 is 2.27 bits per heavy atom. The van der Waals surface area contributed by atoms with Crippen molar-refractivity contribution in [3.05, 3.63) is 23.8 Å². The zero-order valence-electron chi connectivity index (χ0n) is 8.86. The molecule has 0 heterocycles. The predicted molar refractivity (Wildman–Crippen MR) is 57.9 cm³/mol. The summed E-state index contributed by atoms with van der Waals surface area (Å²) in [7, 11) is 0. The van der Waals surface area contributed by atoms with Crippen LogP contribution in [0.1, 0.15) is 18.9 Å². The summed E-state index contributed by atoms with van der Waals surface area (Å²) < 4.78 is 5.36. The number of benzene rings is 1. The third kappa shape index (κ3) is 2.87. The highest BCUT2D eigenvalue weighted by atomic mass is 16.5. The van der Waals surface area contributed by atoms with Crippen LogP contribution in [0.25, 0.3) is 0 Å². The molecular weight excluding hydrogens is 194 g/mol. The first-order valence-corrected chi connectivity index (χ1v) is 4.80. The van der Waals surface area contributed by atoms with Crippen LogP contribution in [0.3, 0.4) is 0 Å². The standard InChI is InChI=1S/C11H15NO3/c1-3-9(11(13)14)15-10-6-8(12)5-4-7(10)2/h4-6,9H,3,12H2,1-2H3,(H,13,14). The molecule has 0 aliphatic rings. The van der Waals surface area contributed by atoms with Crippen molar-refractivity contribution in [1.29, 1.82) is 0 Å². The summed E-state index contributed by atoms with van der Waals surface area (Å²) in [6.45, 7) is 3.61. The molecule has 4 heteroatoms. The van der Waals surface area contributed by atoms with Gasteiger partial charge in [-0.1, -0.05) is 13.0 Å². The Morgan fingerprint density at radius 1 is 1.60 bits per heavy atom. The van der Waals surface area contributed by atoms with Gasteiger partial charge in [0.05, 0.1) is 0 Å². The van der Waals surface area contributed by atoms with Crippen LogP contribution in [-0.4, -0.2) is 17.2 Å². The zero-order chi connectivity index (χ0) is 11.4. The van der Waals surface area contributed by atoms with Crippen LogP contribution in [0.4, 0.5) is 5.69 Å². The summed E-state index contributed by atoms with van der Waals surface area (Å²) >= 11 is 0. The molecule has 1 aromatic rings. The molecule has 3 N–H and O–H groups in total. The van der Waals surface area contributed by atoms with Crippen LogP contribution in [0.2, 0.25) is 0 Å². The average molecular weight is 209 g/mol. The molecular formula is C11H15NO3. The van der Waals surface area contributed by atoms with Crippen molar-refractivity contribution in [2.75, 3.05) is 5.73 Å². The van der Waals surface area contributed by atoms with E-state index in [1.54, 1.807) is 25.1 Å². The molecule has 0 radical (unpaired) electrons. The van der Waals surface area contributed by atoms with Crippen molar-refractivity contribution < 1.29 is 14.6 Å². The number of carboxylic acids is 1. The minimum atomic E-state index is -0.959. The van der Waals surface area contributed by atoms with E-state index in [9.17, 15) is 4.79 Å². The fourth-order valence-electron chi connectivity index (χ4n) is 1.21. The summed E-state index contributed by atoms with van der Waals surface area (Å²) in [5, 5.41) is 8.84. The maximum Gasteiger partial charge on any atom is 0.344 e.